The second kappa shape index (κ2) is 10.5. The maximum atomic E-state index is 6.66. The molecule has 4 aromatic rings. The van der Waals surface area contributed by atoms with Gasteiger partial charge in [-0.25, -0.2) is 0 Å². The maximum Gasteiger partial charge on any atom is 0.210 e. The van der Waals surface area contributed by atoms with Gasteiger partial charge in [0.05, 0.1) is 21.8 Å². The van der Waals surface area contributed by atoms with Gasteiger partial charge in [0.15, 0.2) is 0 Å². The van der Waals surface area contributed by atoms with Crippen LogP contribution < -0.4 is 10.2 Å². The van der Waals surface area contributed by atoms with E-state index < -0.39 is 0 Å². The summed E-state index contributed by atoms with van der Waals surface area (Å²) < 4.78 is 0. The lowest BCUT2D eigenvalue weighted by atomic mass is 10.0. The molecule has 1 unspecified atom stereocenters. The van der Waals surface area contributed by atoms with Gasteiger partial charge in [-0.15, -0.1) is 10.2 Å². The van der Waals surface area contributed by atoms with Crippen LogP contribution in [0.2, 0.25) is 15.1 Å². The largest absolute Gasteiger partial charge is 0.368 e. The molecule has 1 fully saturated rings. The summed E-state index contributed by atoms with van der Waals surface area (Å²) in [4.78, 5) is 4.68. The van der Waals surface area contributed by atoms with E-state index in [0.717, 1.165) is 58.3 Å². The first-order valence-corrected chi connectivity index (χ1v) is 12.9. The number of halogens is 3. The van der Waals surface area contributed by atoms with Crippen LogP contribution in [0, 0.1) is 0 Å². The van der Waals surface area contributed by atoms with E-state index in [1.807, 2.05) is 66.7 Å². The molecule has 1 aliphatic heterocycles. The van der Waals surface area contributed by atoms with Gasteiger partial charge in [-0.2, -0.15) is 0 Å². The molecular weight excluding hydrogens is 509 g/mol. The van der Waals surface area contributed by atoms with Crippen molar-refractivity contribution in [1.29, 1.82) is 0 Å². The summed E-state index contributed by atoms with van der Waals surface area (Å²) in [5.41, 5.74) is 2.97. The molecule has 1 N–H and O–H groups in total. The van der Waals surface area contributed by atoms with Crippen LogP contribution in [0.4, 0.5) is 16.5 Å². The van der Waals surface area contributed by atoms with Crippen molar-refractivity contribution in [1.82, 2.24) is 15.1 Å². The number of nitrogens with zero attached hydrogens (tertiary/aromatic N) is 4. The lowest BCUT2D eigenvalue weighted by molar-refractivity contribution is 0.211. The number of benzene rings is 3. The Labute approximate surface area is 217 Å². The van der Waals surface area contributed by atoms with Crippen LogP contribution in [0.3, 0.4) is 0 Å². The van der Waals surface area contributed by atoms with Crippen molar-refractivity contribution in [2.24, 2.45) is 0 Å². The molecule has 174 valence electrons. The molecule has 5 rings (SSSR count). The van der Waals surface area contributed by atoms with Crippen LogP contribution in [-0.2, 0) is 0 Å². The molecule has 0 spiro atoms. The second-order valence-electron chi connectivity index (χ2n) is 7.96. The van der Waals surface area contributed by atoms with Crippen molar-refractivity contribution in [2.45, 2.75) is 6.04 Å². The summed E-state index contributed by atoms with van der Waals surface area (Å²) in [6, 6.07) is 23.6. The predicted octanol–water partition coefficient (Wildman–Crippen LogP) is 7.15. The lowest BCUT2D eigenvalue weighted by Gasteiger charge is -2.40. The molecule has 0 saturated carbocycles. The highest BCUT2D eigenvalue weighted by Gasteiger charge is 2.31. The molecule has 0 amide bonds. The fourth-order valence-electron chi connectivity index (χ4n) is 4.18. The fraction of sp³-hybridized carbons (Fsp3) is 0.200. The third-order valence-electron chi connectivity index (χ3n) is 5.85. The first-order chi connectivity index (χ1) is 16.6. The molecule has 0 radical (unpaired) electrons. The van der Waals surface area contributed by atoms with Crippen LogP contribution in [-0.4, -0.2) is 41.3 Å². The quantitative estimate of drug-likeness (QED) is 0.287. The number of hydrogen-bond donors (Lipinski definition) is 1. The Balaban J connectivity index is 1.40. The Hall–Kier alpha value is -2.35. The van der Waals surface area contributed by atoms with Crippen LogP contribution in [0.25, 0.3) is 0 Å². The predicted molar refractivity (Wildman–Crippen MR) is 143 cm³/mol. The molecule has 1 aromatic heterocycles. The Morgan fingerprint density at radius 2 is 1.47 bits per heavy atom. The first-order valence-electron chi connectivity index (χ1n) is 10.9. The monoisotopic (exact) mass is 529 g/mol. The summed E-state index contributed by atoms with van der Waals surface area (Å²) in [6.45, 7) is 3.27. The molecule has 1 atom stereocenters. The molecule has 9 heteroatoms. The van der Waals surface area contributed by atoms with E-state index in [1.165, 1.54) is 0 Å². The van der Waals surface area contributed by atoms with E-state index in [4.69, 9.17) is 34.8 Å². The molecule has 1 saturated heterocycles. The van der Waals surface area contributed by atoms with Crippen molar-refractivity contribution >= 4 is 62.6 Å². The Morgan fingerprint density at radius 1 is 0.765 bits per heavy atom. The summed E-state index contributed by atoms with van der Waals surface area (Å²) in [5, 5.41) is 15.9. The Bertz CT molecular complexity index is 1260. The molecular formula is C25H22Cl3N5S. The number of rotatable bonds is 6. The van der Waals surface area contributed by atoms with E-state index in [9.17, 15) is 0 Å². The average molecular weight is 531 g/mol. The van der Waals surface area contributed by atoms with E-state index in [-0.39, 0.29) is 6.04 Å². The van der Waals surface area contributed by atoms with Gasteiger partial charge < -0.3 is 10.2 Å². The number of para-hydroxylation sites is 1. The summed E-state index contributed by atoms with van der Waals surface area (Å²) in [5.74, 6) is 0. The van der Waals surface area contributed by atoms with Crippen LogP contribution in [0.15, 0.2) is 72.8 Å². The number of nitrogens with one attached hydrogen (secondary N) is 1. The highest BCUT2D eigenvalue weighted by molar-refractivity contribution is 7.15. The second-order valence-corrected chi connectivity index (χ2v) is 10.2. The van der Waals surface area contributed by atoms with Crippen LogP contribution in [0.5, 0.6) is 0 Å². The molecule has 5 nitrogen and oxygen atoms in total. The van der Waals surface area contributed by atoms with Crippen molar-refractivity contribution in [3.63, 3.8) is 0 Å². The SMILES string of the molecule is Clc1ccccc1C(c1nnc(Nc2ccccc2)s1)N1CCN(c2cccc(Cl)c2Cl)CC1. The van der Waals surface area contributed by atoms with Gasteiger partial charge in [0, 0.05) is 36.9 Å². The molecule has 3 aromatic carbocycles. The zero-order valence-corrected chi connectivity index (χ0v) is 21.2. The molecule has 2 heterocycles. The van der Waals surface area contributed by atoms with E-state index in [1.54, 1.807) is 11.3 Å². The highest BCUT2D eigenvalue weighted by atomic mass is 35.5. The van der Waals surface area contributed by atoms with E-state index in [0.29, 0.717) is 10.0 Å². The van der Waals surface area contributed by atoms with Gasteiger partial charge in [0.25, 0.3) is 0 Å². The van der Waals surface area contributed by atoms with Gasteiger partial charge in [-0.05, 0) is 35.9 Å². The van der Waals surface area contributed by atoms with Crippen molar-refractivity contribution in [3.05, 3.63) is 98.4 Å². The molecule has 1 aliphatic rings. The minimum atomic E-state index is -0.0884. The summed E-state index contributed by atoms with van der Waals surface area (Å²) >= 11 is 20.9. The number of piperazine rings is 1. The molecule has 0 aliphatic carbocycles. The van der Waals surface area contributed by atoms with Gasteiger partial charge in [0.1, 0.15) is 5.01 Å². The standard InChI is InChI=1S/C25H22Cl3N5S/c26-19-10-5-4-9-18(19)23(24-30-31-25(34-24)29-17-7-2-1-3-8-17)33-15-13-32(14-16-33)21-12-6-11-20(27)22(21)28/h1-12,23H,13-16H2,(H,29,31). The highest BCUT2D eigenvalue weighted by Crippen LogP contribution is 2.38. The normalized spacial score (nSPS) is 15.3. The summed E-state index contributed by atoms with van der Waals surface area (Å²) in [7, 11) is 0. The van der Waals surface area contributed by atoms with Crippen molar-refractivity contribution in [3.8, 4) is 0 Å². The number of hydrogen-bond acceptors (Lipinski definition) is 6. The van der Waals surface area contributed by atoms with E-state index in [2.05, 4.69) is 31.4 Å². The van der Waals surface area contributed by atoms with Gasteiger partial charge in [-0.1, -0.05) is 88.6 Å². The van der Waals surface area contributed by atoms with Gasteiger partial charge in [-0.3, -0.25) is 4.90 Å². The number of anilines is 3. The zero-order valence-electron chi connectivity index (χ0n) is 18.2. The first kappa shape index (κ1) is 23.4. The van der Waals surface area contributed by atoms with E-state index >= 15 is 0 Å². The minimum Gasteiger partial charge on any atom is -0.368 e. The Kier molecular flexibility index (Phi) is 7.23. The molecule has 0 bridgehead atoms. The van der Waals surface area contributed by atoms with Gasteiger partial charge in [0.2, 0.25) is 5.13 Å². The lowest BCUT2D eigenvalue weighted by Crippen LogP contribution is -2.48. The summed E-state index contributed by atoms with van der Waals surface area (Å²) in [6.07, 6.45) is 0. The Morgan fingerprint density at radius 3 is 2.24 bits per heavy atom. The fourth-order valence-corrected chi connectivity index (χ4v) is 5.75. The average Bonchev–Trinajstić information content (AvgIpc) is 3.31. The topological polar surface area (TPSA) is 44.3 Å². The van der Waals surface area contributed by atoms with Gasteiger partial charge >= 0.3 is 0 Å². The zero-order chi connectivity index (χ0) is 23.5. The van der Waals surface area contributed by atoms with Crippen molar-refractivity contribution < 1.29 is 0 Å². The maximum absolute atomic E-state index is 6.66. The third-order valence-corrected chi connectivity index (χ3v) is 7.89. The molecule has 34 heavy (non-hydrogen) atoms. The third kappa shape index (κ3) is 5.02. The van der Waals surface area contributed by atoms with Crippen LogP contribution in [0.1, 0.15) is 16.6 Å². The number of aromatic nitrogens is 2. The van der Waals surface area contributed by atoms with Crippen LogP contribution >= 0.6 is 46.1 Å². The van der Waals surface area contributed by atoms with Crippen molar-refractivity contribution in [2.75, 3.05) is 36.4 Å². The smallest absolute Gasteiger partial charge is 0.210 e. The minimum absolute atomic E-state index is 0.0884.